The van der Waals surface area contributed by atoms with E-state index in [4.69, 9.17) is 37.0 Å². The summed E-state index contributed by atoms with van der Waals surface area (Å²) >= 11 is 0. The molecular formula is C119H129N10O5+5. The standard InChI is InChI=1S/C26H29N2O.C25H27N2O.C25H29N2O.C22H23N2O.C21H21N2O/c1-16-10-11-20-21-12-13-22(19-8-6-5-7-9-19)27-26(21)29-25(20)24(16)23-14-17(2)18(3)15-28(23)4;1-15-9-10-19-20-11-12-21(18-7-5-6-8-18)26-25(20)28-24(19)23(15)22-13-16(2)17(3)14-27(22)4;1-15-8-10-19-20-11-9-18(13-25(4,5)6)26-24(20)28-23(19)22(15)21-12-16(2)17(3)14-27(21)7;1-5-15-11-12-24(4)19(13-15)20-14(3)7-9-17-18-10-8-16(6-2)23-22(18)25-21(17)20;1-5-15-10-11-23(4)18(12-15)19-13(2)6-8-16-17-9-7-14(3)22-21(17)24-20(16)19/h10-15,19H,5-9H2,1-4H3;9-14,18H,5-8H2,1-4H3;8-12,14H,13H2,1-7H3;7-13H,5-6H2,1-4H3;6-12H,5H2,1-4H3/q5*+1. The van der Waals surface area contributed by atoms with Crippen molar-refractivity contribution in [3.63, 3.8) is 0 Å². The average Bonchev–Trinajstić information content (AvgIpc) is 1.58. The molecule has 2 aliphatic carbocycles. The second-order valence-corrected chi connectivity index (χ2v) is 39.6. The van der Waals surface area contributed by atoms with E-state index in [0.717, 1.165) is 164 Å². The van der Waals surface area contributed by atoms with Crippen LogP contribution in [0, 0.1) is 88.5 Å². The minimum atomic E-state index is 0.196. The highest BCUT2D eigenvalue weighted by atomic mass is 16.4. The van der Waals surface area contributed by atoms with Crippen LogP contribution in [0.25, 0.3) is 167 Å². The van der Waals surface area contributed by atoms with Crippen LogP contribution in [0.15, 0.2) is 217 Å². The van der Waals surface area contributed by atoms with E-state index in [1.54, 1.807) is 0 Å². The number of fused-ring (bicyclic) bond motifs is 15. The maximum atomic E-state index is 6.45. The van der Waals surface area contributed by atoms with Gasteiger partial charge in [0.25, 0.3) is 0 Å². The zero-order chi connectivity index (χ0) is 94.1. The van der Waals surface area contributed by atoms with Crippen LogP contribution in [-0.4, -0.2) is 24.9 Å². The third-order valence-electron chi connectivity index (χ3n) is 28.5. The quantitative estimate of drug-likeness (QED) is 0.115. The molecule has 15 heteroatoms. The highest BCUT2D eigenvalue weighted by molar-refractivity contribution is 6.13. The third kappa shape index (κ3) is 17.7. The van der Waals surface area contributed by atoms with Gasteiger partial charge in [0.2, 0.25) is 57.0 Å². The first-order valence-electron chi connectivity index (χ1n) is 48.4. The largest absolute Gasteiger partial charge is 0.437 e. The van der Waals surface area contributed by atoms with Crippen LogP contribution in [0.3, 0.4) is 0 Å². The minimum absolute atomic E-state index is 0.196. The molecule has 0 saturated heterocycles. The number of aryl methyl sites for hydroxylation is 20. The first kappa shape index (κ1) is 91.1. The van der Waals surface area contributed by atoms with E-state index in [1.807, 2.05) is 13.0 Å². The molecular weight excluding hydrogens is 1650 g/mol. The summed E-state index contributed by atoms with van der Waals surface area (Å²) in [4.78, 5) is 24.0. The molecule has 0 unspecified atom stereocenters. The van der Waals surface area contributed by atoms with E-state index in [9.17, 15) is 0 Å². The molecule has 20 aromatic rings. The number of aromatic nitrogens is 10. The number of furan rings is 5. The first-order chi connectivity index (χ1) is 64.4. The van der Waals surface area contributed by atoms with Gasteiger partial charge in [0.05, 0.1) is 27.8 Å². The Bertz CT molecular complexity index is 7990. The lowest BCUT2D eigenvalue weighted by molar-refractivity contribution is -0.660. The topological polar surface area (TPSA) is 150 Å². The van der Waals surface area contributed by atoms with Crippen molar-refractivity contribution in [2.75, 3.05) is 0 Å². The number of nitrogens with zero attached hydrogens (tertiary/aromatic N) is 10. The van der Waals surface area contributed by atoms with E-state index in [-0.39, 0.29) is 5.41 Å². The molecule has 0 aliphatic heterocycles. The predicted octanol–water partition coefficient (Wildman–Crippen LogP) is 28.0. The van der Waals surface area contributed by atoms with Crippen molar-refractivity contribution in [3.05, 3.63) is 296 Å². The van der Waals surface area contributed by atoms with E-state index in [1.165, 1.54) is 181 Å². The molecule has 680 valence electrons. The van der Waals surface area contributed by atoms with Gasteiger partial charge in [-0.2, -0.15) is 0 Å². The molecule has 5 aromatic carbocycles. The van der Waals surface area contributed by atoms with Crippen molar-refractivity contribution in [2.45, 2.75) is 220 Å². The molecule has 22 rings (SSSR count). The van der Waals surface area contributed by atoms with E-state index in [2.05, 4.69) is 374 Å². The number of hydrogen-bond donors (Lipinski definition) is 0. The van der Waals surface area contributed by atoms with Gasteiger partial charge in [-0.15, -0.1) is 0 Å². The summed E-state index contributed by atoms with van der Waals surface area (Å²) in [7, 11) is 10.5. The predicted molar refractivity (Wildman–Crippen MR) is 546 cm³/mol. The Labute approximate surface area is 787 Å². The maximum Gasteiger partial charge on any atom is 0.227 e. The van der Waals surface area contributed by atoms with Crippen molar-refractivity contribution >= 4 is 110 Å². The van der Waals surface area contributed by atoms with Crippen LogP contribution in [0.2, 0.25) is 0 Å². The van der Waals surface area contributed by atoms with Crippen LogP contribution in [0.1, 0.15) is 212 Å². The molecule has 15 heterocycles. The van der Waals surface area contributed by atoms with E-state index in [0.29, 0.717) is 17.5 Å². The number of rotatable bonds is 11. The number of hydrogen-bond acceptors (Lipinski definition) is 10. The fourth-order valence-electron chi connectivity index (χ4n) is 20.4. The van der Waals surface area contributed by atoms with Crippen molar-refractivity contribution in [1.29, 1.82) is 0 Å². The van der Waals surface area contributed by atoms with Crippen LogP contribution < -0.4 is 22.8 Å². The van der Waals surface area contributed by atoms with Crippen molar-refractivity contribution in [1.82, 2.24) is 24.9 Å². The van der Waals surface area contributed by atoms with Crippen LogP contribution in [0.5, 0.6) is 0 Å². The summed E-state index contributed by atoms with van der Waals surface area (Å²) in [6.45, 7) is 38.9. The van der Waals surface area contributed by atoms with Gasteiger partial charge in [0.15, 0.2) is 58.9 Å². The zero-order valence-electron chi connectivity index (χ0n) is 82.8. The monoisotopic (exact) mass is 1780 g/mol. The summed E-state index contributed by atoms with van der Waals surface area (Å²) in [6.07, 6.45) is 26.3. The maximum absolute atomic E-state index is 6.45. The summed E-state index contributed by atoms with van der Waals surface area (Å²) in [6, 6.07) is 58.9. The first-order valence-corrected chi connectivity index (χ1v) is 48.4. The molecule has 0 atom stereocenters. The molecule has 15 aromatic heterocycles. The highest BCUT2D eigenvalue weighted by Gasteiger charge is 2.31. The van der Waals surface area contributed by atoms with Gasteiger partial charge in [-0.1, -0.05) is 134 Å². The van der Waals surface area contributed by atoms with Crippen molar-refractivity contribution in [2.24, 2.45) is 40.7 Å². The van der Waals surface area contributed by atoms with Gasteiger partial charge in [-0.05, 0) is 256 Å². The Morgan fingerprint density at radius 2 is 0.560 bits per heavy atom. The van der Waals surface area contributed by atoms with Crippen molar-refractivity contribution in [3.8, 4) is 56.3 Å². The summed E-state index contributed by atoms with van der Waals surface area (Å²) in [5, 5.41) is 11.2. The molecule has 2 saturated carbocycles. The average molecular weight is 1780 g/mol. The smallest absolute Gasteiger partial charge is 0.227 e. The zero-order valence-corrected chi connectivity index (χ0v) is 82.8. The van der Waals surface area contributed by atoms with Gasteiger partial charge in [-0.25, -0.2) is 47.8 Å². The highest BCUT2D eigenvalue weighted by Crippen LogP contribution is 2.45. The molecule has 0 amide bonds. The van der Waals surface area contributed by atoms with Gasteiger partial charge in [0.1, 0.15) is 35.2 Å². The molecule has 0 N–H and O–H groups in total. The lowest BCUT2D eigenvalue weighted by Crippen LogP contribution is -2.31. The molecule has 0 spiro atoms. The van der Waals surface area contributed by atoms with Crippen LogP contribution in [-0.2, 0) is 60.9 Å². The molecule has 15 nitrogen and oxygen atoms in total. The van der Waals surface area contributed by atoms with Crippen LogP contribution >= 0.6 is 0 Å². The fourth-order valence-corrected chi connectivity index (χ4v) is 20.4. The SMILES string of the molecule is CCc1cc[n+](C)c(-c2c(C)ccc3c2oc2nc(C)ccc23)c1.CCc1cc[n+](C)c(-c2c(C)ccc3c2oc2nc(CC)ccc23)c1.Cc1cc(-c2c(C)ccc3c2oc2nc(C4CCCC4)ccc23)[n+](C)cc1C.Cc1cc(-c2c(C)ccc3c2oc2nc(C4CCCCC4)ccc23)[n+](C)cc1C.Cc1cc(-c2c(C)ccc3c2oc2nc(CC(C)(C)C)ccc23)[n+](C)cc1C. The normalized spacial score (nSPS) is 13.3. The molecule has 0 bridgehead atoms. The van der Waals surface area contributed by atoms with Gasteiger partial charge >= 0.3 is 0 Å². The second-order valence-electron chi connectivity index (χ2n) is 39.6. The number of pyridine rings is 10. The Hall–Kier alpha value is -13.4. The summed E-state index contributed by atoms with van der Waals surface area (Å²) in [5.74, 6) is 1.18. The lowest BCUT2D eigenvalue weighted by atomic mass is 9.86. The fraction of sp³-hybridized carbons (Fsp3) is 0.328. The number of benzene rings is 5. The Morgan fingerprint density at radius 1 is 0.276 bits per heavy atom. The van der Waals surface area contributed by atoms with Gasteiger partial charge < -0.3 is 22.1 Å². The lowest BCUT2D eigenvalue weighted by Gasteiger charge is -2.20. The molecule has 2 fully saturated rings. The Kier molecular flexibility index (Phi) is 25.3. The Morgan fingerprint density at radius 3 is 0.888 bits per heavy atom. The van der Waals surface area contributed by atoms with Crippen molar-refractivity contribution < 1.29 is 44.9 Å². The van der Waals surface area contributed by atoms with E-state index >= 15 is 0 Å². The Balaban J connectivity index is 0.000000112. The van der Waals surface area contributed by atoms with Crippen LogP contribution in [0.4, 0.5) is 0 Å². The van der Waals surface area contributed by atoms with Gasteiger partial charge in [-0.3, -0.25) is 0 Å². The van der Waals surface area contributed by atoms with E-state index < -0.39 is 0 Å². The minimum Gasteiger partial charge on any atom is -0.437 e. The van der Waals surface area contributed by atoms with Gasteiger partial charge in [0, 0.05) is 153 Å². The summed E-state index contributed by atoms with van der Waals surface area (Å²) in [5.41, 5.74) is 42.3. The molecule has 2 aliphatic rings. The molecule has 0 radical (unpaired) electrons. The summed E-state index contributed by atoms with van der Waals surface area (Å²) < 4.78 is 42.6. The molecule has 134 heavy (non-hydrogen) atoms. The third-order valence-corrected chi connectivity index (χ3v) is 28.5. The second kappa shape index (κ2) is 37.2.